The van der Waals surface area contributed by atoms with Gasteiger partial charge in [0.05, 0.1) is 0 Å². The van der Waals surface area contributed by atoms with Gasteiger partial charge in [0.25, 0.3) is 0 Å². The van der Waals surface area contributed by atoms with Crippen LogP contribution in [0.5, 0.6) is 0 Å². The van der Waals surface area contributed by atoms with Gasteiger partial charge in [-0.15, -0.1) is 0 Å². The SMILES string of the molecule is CC(=O)OCN1CCNCC1. The third-order valence-electron chi connectivity index (χ3n) is 1.66. The molecule has 1 N–H and O–H groups in total. The molecule has 4 nitrogen and oxygen atoms in total. The fourth-order valence-electron chi connectivity index (χ4n) is 1.02. The van der Waals surface area contributed by atoms with Crippen molar-refractivity contribution in [3.8, 4) is 0 Å². The molecular formula is C7H14N2O2. The largest absolute Gasteiger partial charge is 0.450 e. The van der Waals surface area contributed by atoms with Crippen LogP contribution in [0.4, 0.5) is 0 Å². The second kappa shape index (κ2) is 4.31. The minimum atomic E-state index is -0.205. The molecule has 0 bridgehead atoms. The summed E-state index contributed by atoms with van der Waals surface area (Å²) in [6.07, 6.45) is 0. The van der Waals surface area contributed by atoms with Gasteiger partial charge >= 0.3 is 5.97 Å². The first-order valence-corrected chi connectivity index (χ1v) is 3.85. The van der Waals surface area contributed by atoms with Crippen LogP contribution in [0, 0.1) is 0 Å². The first-order valence-electron chi connectivity index (χ1n) is 3.85. The van der Waals surface area contributed by atoms with Crippen molar-refractivity contribution in [2.24, 2.45) is 0 Å². The number of carbonyl (C=O) groups excluding carboxylic acids is 1. The van der Waals surface area contributed by atoms with E-state index in [0.717, 1.165) is 26.2 Å². The highest BCUT2D eigenvalue weighted by Gasteiger charge is 2.09. The topological polar surface area (TPSA) is 41.6 Å². The molecular weight excluding hydrogens is 144 g/mol. The van der Waals surface area contributed by atoms with Gasteiger partial charge in [-0.25, -0.2) is 0 Å². The highest BCUT2D eigenvalue weighted by Crippen LogP contribution is 1.91. The van der Waals surface area contributed by atoms with E-state index in [1.165, 1.54) is 6.92 Å². The number of hydrogen-bond donors (Lipinski definition) is 1. The van der Waals surface area contributed by atoms with Gasteiger partial charge in [0, 0.05) is 33.1 Å². The Morgan fingerprint density at radius 3 is 2.73 bits per heavy atom. The van der Waals surface area contributed by atoms with Crippen molar-refractivity contribution in [1.29, 1.82) is 0 Å². The molecule has 0 radical (unpaired) electrons. The molecule has 0 aromatic heterocycles. The second-order valence-electron chi connectivity index (χ2n) is 2.63. The van der Waals surface area contributed by atoms with Crippen LogP contribution >= 0.6 is 0 Å². The second-order valence-corrected chi connectivity index (χ2v) is 2.63. The van der Waals surface area contributed by atoms with E-state index in [1.807, 2.05) is 0 Å². The molecule has 1 aliphatic heterocycles. The maximum atomic E-state index is 10.4. The predicted molar refractivity (Wildman–Crippen MR) is 41.1 cm³/mol. The van der Waals surface area contributed by atoms with Crippen molar-refractivity contribution < 1.29 is 9.53 Å². The van der Waals surface area contributed by atoms with E-state index in [0.29, 0.717) is 6.73 Å². The molecule has 1 aliphatic rings. The standard InChI is InChI=1S/C7H14N2O2/c1-7(10)11-6-9-4-2-8-3-5-9/h8H,2-6H2,1H3. The molecule has 1 fully saturated rings. The lowest BCUT2D eigenvalue weighted by Crippen LogP contribution is -2.44. The Morgan fingerprint density at radius 2 is 2.18 bits per heavy atom. The molecule has 1 rings (SSSR count). The number of nitrogens with zero attached hydrogens (tertiary/aromatic N) is 1. The minimum absolute atomic E-state index is 0.205. The molecule has 0 saturated carbocycles. The molecule has 0 spiro atoms. The van der Waals surface area contributed by atoms with Crippen LogP contribution in [-0.4, -0.2) is 43.8 Å². The van der Waals surface area contributed by atoms with Gasteiger partial charge < -0.3 is 10.1 Å². The molecule has 1 saturated heterocycles. The van der Waals surface area contributed by atoms with Gasteiger partial charge in [0.2, 0.25) is 0 Å². The normalized spacial score (nSPS) is 19.7. The zero-order valence-electron chi connectivity index (χ0n) is 6.80. The Kier molecular flexibility index (Phi) is 3.32. The van der Waals surface area contributed by atoms with Crippen molar-refractivity contribution in [3.05, 3.63) is 0 Å². The van der Waals surface area contributed by atoms with Gasteiger partial charge in [-0.2, -0.15) is 0 Å². The van der Waals surface area contributed by atoms with Gasteiger partial charge in [-0.1, -0.05) is 0 Å². The van der Waals surface area contributed by atoms with Gasteiger partial charge in [0.15, 0.2) is 0 Å². The third kappa shape index (κ3) is 3.34. The van der Waals surface area contributed by atoms with E-state index in [1.54, 1.807) is 0 Å². The minimum Gasteiger partial charge on any atom is -0.450 e. The van der Waals surface area contributed by atoms with Crippen LogP contribution in [0.25, 0.3) is 0 Å². The summed E-state index contributed by atoms with van der Waals surface area (Å²) in [4.78, 5) is 12.5. The summed E-state index contributed by atoms with van der Waals surface area (Å²) in [6, 6.07) is 0. The van der Waals surface area contributed by atoms with E-state index in [2.05, 4.69) is 10.2 Å². The number of carbonyl (C=O) groups is 1. The Bertz CT molecular complexity index is 132. The monoisotopic (exact) mass is 158 g/mol. The summed E-state index contributed by atoms with van der Waals surface area (Å²) in [5.41, 5.74) is 0. The fraction of sp³-hybridized carbons (Fsp3) is 0.857. The van der Waals surface area contributed by atoms with E-state index < -0.39 is 0 Å². The van der Waals surface area contributed by atoms with Crippen LogP contribution in [0.2, 0.25) is 0 Å². The van der Waals surface area contributed by atoms with Crippen LogP contribution in [-0.2, 0) is 9.53 Å². The average molecular weight is 158 g/mol. The molecule has 4 heteroatoms. The smallest absolute Gasteiger partial charge is 0.303 e. The van der Waals surface area contributed by atoms with E-state index >= 15 is 0 Å². The lowest BCUT2D eigenvalue weighted by molar-refractivity contribution is -0.146. The maximum absolute atomic E-state index is 10.4. The Labute approximate surface area is 66.5 Å². The number of esters is 1. The fourth-order valence-corrected chi connectivity index (χ4v) is 1.02. The molecule has 0 aromatic carbocycles. The maximum Gasteiger partial charge on any atom is 0.303 e. The summed E-state index contributed by atoms with van der Waals surface area (Å²) < 4.78 is 4.84. The molecule has 11 heavy (non-hydrogen) atoms. The number of rotatable bonds is 2. The summed E-state index contributed by atoms with van der Waals surface area (Å²) in [5.74, 6) is -0.205. The van der Waals surface area contributed by atoms with Crippen LogP contribution in [0.3, 0.4) is 0 Å². The van der Waals surface area contributed by atoms with Crippen molar-refractivity contribution >= 4 is 5.97 Å². The summed E-state index contributed by atoms with van der Waals surface area (Å²) >= 11 is 0. The molecule has 0 aliphatic carbocycles. The zero-order chi connectivity index (χ0) is 8.10. The molecule has 0 amide bonds. The first-order chi connectivity index (χ1) is 5.29. The Morgan fingerprint density at radius 1 is 1.55 bits per heavy atom. The number of piperazine rings is 1. The lowest BCUT2D eigenvalue weighted by Gasteiger charge is -2.26. The van der Waals surface area contributed by atoms with Crippen molar-refractivity contribution in [2.45, 2.75) is 6.92 Å². The molecule has 0 unspecified atom stereocenters. The van der Waals surface area contributed by atoms with E-state index in [9.17, 15) is 4.79 Å². The lowest BCUT2D eigenvalue weighted by atomic mass is 10.4. The quantitative estimate of drug-likeness (QED) is 0.545. The highest BCUT2D eigenvalue weighted by molar-refractivity contribution is 5.65. The van der Waals surface area contributed by atoms with Crippen LogP contribution < -0.4 is 5.32 Å². The number of ether oxygens (including phenoxy) is 1. The van der Waals surface area contributed by atoms with Gasteiger partial charge in [0.1, 0.15) is 6.73 Å². The molecule has 0 atom stereocenters. The average Bonchev–Trinajstić information content (AvgIpc) is 2.03. The Hall–Kier alpha value is -0.610. The third-order valence-corrected chi connectivity index (χ3v) is 1.66. The van der Waals surface area contributed by atoms with Gasteiger partial charge in [-0.05, 0) is 0 Å². The van der Waals surface area contributed by atoms with E-state index in [-0.39, 0.29) is 5.97 Å². The van der Waals surface area contributed by atoms with Gasteiger partial charge in [-0.3, -0.25) is 9.69 Å². The predicted octanol–water partition coefficient (Wildman–Crippen LogP) is -0.588. The molecule has 64 valence electrons. The van der Waals surface area contributed by atoms with Crippen LogP contribution in [0.1, 0.15) is 6.92 Å². The summed E-state index contributed by atoms with van der Waals surface area (Å²) in [6.45, 7) is 5.78. The summed E-state index contributed by atoms with van der Waals surface area (Å²) in [5, 5.41) is 3.22. The van der Waals surface area contributed by atoms with Crippen molar-refractivity contribution in [3.63, 3.8) is 0 Å². The number of hydrogen-bond acceptors (Lipinski definition) is 4. The summed E-state index contributed by atoms with van der Waals surface area (Å²) in [7, 11) is 0. The Balaban J connectivity index is 2.09. The van der Waals surface area contributed by atoms with Crippen molar-refractivity contribution in [1.82, 2.24) is 10.2 Å². The molecule has 1 heterocycles. The van der Waals surface area contributed by atoms with Crippen LogP contribution in [0.15, 0.2) is 0 Å². The number of nitrogens with one attached hydrogen (secondary N) is 1. The molecule has 0 aromatic rings. The first kappa shape index (κ1) is 8.49. The van der Waals surface area contributed by atoms with Crippen molar-refractivity contribution in [2.75, 3.05) is 32.9 Å². The highest BCUT2D eigenvalue weighted by atomic mass is 16.5. The van der Waals surface area contributed by atoms with E-state index in [4.69, 9.17) is 4.74 Å². The zero-order valence-corrected chi connectivity index (χ0v) is 6.80.